The summed E-state index contributed by atoms with van der Waals surface area (Å²) in [6.07, 6.45) is 8.58. The number of amides is 1. The van der Waals surface area contributed by atoms with Gasteiger partial charge in [-0.2, -0.15) is 0 Å². The zero-order valence-electron chi connectivity index (χ0n) is 11.0. The van der Waals surface area contributed by atoms with Crippen LogP contribution in [0.2, 0.25) is 0 Å². The third kappa shape index (κ3) is 2.39. The molecular weight excluding hydrogens is 248 g/mol. The largest absolute Gasteiger partial charge is 0.356 e. The number of carbonyl (C=O) groups is 1. The van der Waals surface area contributed by atoms with E-state index >= 15 is 0 Å². The first kappa shape index (κ1) is 14.1. The lowest BCUT2D eigenvalue weighted by molar-refractivity contribution is -0.146. The Morgan fingerprint density at radius 1 is 1.11 bits per heavy atom. The minimum atomic E-state index is 0. The van der Waals surface area contributed by atoms with Crippen molar-refractivity contribution in [1.29, 1.82) is 0 Å². The maximum absolute atomic E-state index is 12.4. The van der Waals surface area contributed by atoms with Crippen LogP contribution in [0.25, 0.3) is 0 Å². The lowest BCUT2D eigenvalue weighted by Crippen LogP contribution is -2.53. The molecule has 4 fully saturated rings. The summed E-state index contributed by atoms with van der Waals surface area (Å²) in [4.78, 5) is 12.4. The Bertz CT molecular complexity index is 284. The first-order valence-corrected chi connectivity index (χ1v) is 7.20. The van der Waals surface area contributed by atoms with Crippen molar-refractivity contribution >= 4 is 18.3 Å². The number of carbonyl (C=O) groups excluding carboxylic acids is 1. The van der Waals surface area contributed by atoms with Gasteiger partial charge >= 0.3 is 0 Å². The molecule has 0 atom stereocenters. The standard InChI is InChI=1S/C14H24N2O.ClH/c15-2-1-3-16-13(17)14-7-10-4-11(8-14)6-12(5-10)9-14;/h10-12H,1-9,15H2,(H,16,17);1H. The molecule has 0 aromatic rings. The molecule has 4 rings (SSSR count). The van der Waals surface area contributed by atoms with Crippen molar-refractivity contribution in [2.75, 3.05) is 13.1 Å². The summed E-state index contributed by atoms with van der Waals surface area (Å²) in [5.41, 5.74) is 5.49. The topological polar surface area (TPSA) is 55.1 Å². The first-order chi connectivity index (χ1) is 8.22. The van der Waals surface area contributed by atoms with Gasteiger partial charge in [-0.1, -0.05) is 0 Å². The fourth-order valence-electron chi connectivity index (χ4n) is 4.88. The molecule has 0 spiro atoms. The predicted molar refractivity (Wildman–Crippen MR) is 74.5 cm³/mol. The van der Waals surface area contributed by atoms with Crippen molar-refractivity contribution in [2.24, 2.45) is 28.9 Å². The van der Waals surface area contributed by atoms with E-state index in [2.05, 4.69) is 5.32 Å². The van der Waals surface area contributed by atoms with Gasteiger partial charge in [-0.05, 0) is 69.2 Å². The fourth-order valence-corrected chi connectivity index (χ4v) is 4.88. The molecular formula is C14H25ClN2O. The molecule has 4 aliphatic carbocycles. The van der Waals surface area contributed by atoms with Crippen LogP contribution in [0.4, 0.5) is 0 Å². The highest BCUT2D eigenvalue weighted by Gasteiger charge is 2.54. The maximum Gasteiger partial charge on any atom is 0.226 e. The van der Waals surface area contributed by atoms with Gasteiger partial charge in [0.1, 0.15) is 0 Å². The summed E-state index contributed by atoms with van der Waals surface area (Å²) in [5, 5.41) is 3.12. The Hall–Kier alpha value is -0.280. The average Bonchev–Trinajstić information content (AvgIpc) is 2.27. The van der Waals surface area contributed by atoms with Crippen LogP contribution in [0.1, 0.15) is 44.9 Å². The maximum atomic E-state index is 12.4. The van der Waals surface area contributed by atoms with E-state index in [1.807, 2.05) is 0 Å². The average molecular weight is 273 g/mol. The zero-order chi connectivity index (χ0) is 11.9. The van der Waals surface area contributed by atoms with Crippen LogP contribution < -0.4 is 11.1 Å². The highest BCUT2D eigenvalue weighted by molar-refractivity contribution is 5.85. The Morgan fingerprint density at radius 3 is 2.06 bits per heavy atom. The molecule has 4 bridgehead atoms. The van der Waals surface area contributed by atoms with E-state index in [1.54, 1.807) is 0 Å². The van der Waals surface area contributed by atoms with Crippen molar-refractivity contribution in [1.82, 2.24) is 5.32 Å². The van der Waals surface area contributed by atoms with E-state index in [-0.39, 0.29) is 17.8 Å². The zero-order valence-corrected chi connectivity index (χ0v) is 11.8. The van der Waals surface area contributed by atoms with Crippen molar-refractivity contribution < 1.29 is 4.79 Å². The predicted octanol–water partition coefficient (Wildman–Crippen LogP) is 2.09. The van der Waals surface area contributed by atoms with E-state index in [4.69, 9.17) is 5.73 Å². The van der Waals surface area contributed by atoms with Crippen LogP contribution in [0.3, 0.4) is 0 Å². The third-order valence-electron chi connectivity index (χ3n) is 5.19. The van der Waals surface area contributed by atoms with Crippen LogP contribution in [0, 0.1) is 23.2 Å². The van der Waals surface area contributed by atoms with Crippen LogP contribution in [-0.4, -0.2) is 19.0 Å². The second kappa shape index (κ2) is 5.38. The highest BCUT2D eigenvalue weighted by Crippen LogP contribution is 2.60. The first-order valence-electron chi connectivity index (χ1n) is 7.20. The van der Waals surface area contributed by atoms with E-state index in [0.717, 1.165) is 50.0 Å². The highest BCUT2D eigenvalue weighted by atomic mass is 35.5. The number of rotatable bonds is 4. The number of nitrogens with one attached hydrogen (secondary N) is 1. The molecule has 0 aromatic heterocycles. The molecule has 4 aliphatic rings. The van der Waals surface area contributed by atoms with Crippen LogP contribution in [0.5, 0.6) is 0 Å². The Balaban J connectivity index is 0.00000120. The fraction of sp³-hybridized carbons (Fsp3) is 0.929. The smallest absolute Gasteiger partial charge is 0.226 e. The van der Waals surface area contributed by atoms with Crippen molar-refractivity contribution in [3.05, 3.63) is 0 Å². The summed E-state index contributed by atoms with van der Waals surface area (Å²) in [5.74, 6) is 2.88. The number of nitrogens with two attached hydrogens (primary N) is 1. The van der Waals surface area contributed by atoms with Crippen LogP contribution in [-0.2, 0) is 4.79 Å². The Morgan fingerprint density at radius 2 is 1.61 bits per heavy atom. The molecule has 0 unspecified atom stereocenters. The minimum absolute atomic E-state index is 0. The number of hydrogen-bond donors (Lipinski definition) is 2. The molecule has 3 nitrogen and oxygen atoms in total. The van der Waals surface area contributed by atoms with Crippen molar-refractivity contribution in [2.45, 2.75) is 44.9 Å². The minimum Gasteiger partial charge on any atom is -0.356 e. The van der Waals surface area contributed by atoms with Gasteiger partial charge in [0.25, 0.3) is 0 Å². The van der Waals surface area contributed by atoms with Gasteiger partial charge < -0.3 is 11.1 Å². The molecule has 0 saturated heterocycles. The molecule has 0 heterocycles. The molecule has 0 aromatic carbocycles. The van der Waals surface area contributed by atoms with E-state index in [0.29, 0.717) is 12.5 Å². The van der Waals surface area contributed by atoms with Gasteiger partial charge in [0, 0.05) is 12.0 Å². The van der Waals surface area contributed by atoms with Gasteiger partial charge in [0.15, 0.2) is 0 Å². The summed E-state index contributed by atoms with van der Waals surface area (Å²) in [6, 6.07) is 0. The molecule has 0 radical (unpaired) electrons. The summed E-state index contributed by atoms with van der Waals surface area (Å²) in [7, 11) is 0. The van der Waals surface area contributed by atoms with E-state index < -0.39 is 0 Å². The lowest BCUT2D eigenvalue weighted by Gasteiger charge is -2.55. The molecule has 1 amide bonds. The molecule has 104 valence electrons. The van der Waals surface area contributed by atoms with Crippen molar-refractivity contribution in [3.8, 4) is 0 Å². The monoisotopic (exact) mass is 272 g/mol. The Labute approximate surface area is 116 Å². The van der Waals surface area contributed by atoms with Gasteiger partial charge in [-0.15, -0.1) is 12.4 Å². The molecule has 4 saturated carbocycles. The van der Waals surface area contributed by atoms with Crippen LogP contribution >= 0.6 is 12.4 Å². The number of halogens is 1. The summed E-state index contributed by atoms with van der Waals surface area (Å²) < 4.78 is 0. The van der Waals surface area contributed by atoms with E-state index in [9.17, 15) is 4.79 Å². The Kier molecular flexibility index (Phi) is 4.22. The van der Waals surface area contributed by atoms with E-state index in [1.165, 1.54) is 19.3 Å². The normalized spacial score (nSPS) is 40.4. The number of hydrogen-bond acceptors (Lipinski definition) is 2. The van der Waals surface area contributed by atoms with Crippen LogP contribution in [0.15, 0.2) is 0 Å². The second-order valence-corrected chi connectivity index (χ2v) is 6.60. The quantitative estimate of drug-likeness (QED) is 0.770. The van der Waals surface area contributed by atoms with Gasteiger partial charge in [0.2, 0.25) is 5.91 Å². The molecule has 4 heteroatoms. The third-order valence-corrected chi connectivity index (χ3v) is 5.19. The van der Waals surface area contributed by atoms with Crippen molar-refractivity contribution in [3.63, 3.8) is 0 Å². The van der Waals surface area contributed by atoms with Gasteiger partial charge in [-0.25, -0.2) is 0 Å². The lowest BCUT2D eigenvalue weighted by atomic mass is 9.49. The second-order valence-electron chi connectivity index (χ2n) is 6.60. The SMILES string of the molecule is Cl.NCCCNC(=O)C12CC3CC(CC(C3)C1)C2. The van der Waals surface area contributed by atoms with Gasteiger partial charge in [-0.3, -0.25) is 4.79 Å². The summed E-state index contributed by atoms with van der Waals surface area (Å²) >= 11 is 0. The molecule has 18 heavy (non-hydrogen) atoms. The molecule has 3 N–H and O–H groups in total. The summed E-state index contributed by atoms with van der Waals surface area (Å²) in [6.45, 7) is 1.43. The van der Waals surface area contributed by atoms with Gasteiger partial charge in [0.05, 0.1) is 0 Å². The molecule has 0 aliphatic heterocycles.